The van der Waals surface area contributed by atoms with E-state index in [2.05, 4.69) is 10.3 Å². The van der Waals surface area contributed by atoms with E-state index in [1.807, 2.05) is 24.3 Å². The van der Waals surface area contributed by atoms with Crippen LogP contribution in [-0.2, 0) is 11.3 Å². The molecule has 3 N–H and O–H groups in total. The van der Waals surface area contributed by atoms with Crippen LogP contribution in [-0.4, -0.2) is 32.3 Å². The monoisotopic (exact) mass is 463 g/mol. The van der Waals surface area contributed by atoms with Crippen molar-refractivity contribution >= 4 is 17.7 Å². The summed E-state index contributed by atoms with van der Waals surface area (Å²) in [5, 5.41) is 3.61. The van der Waals surface area contributed by atoms with Crippen LogP contribution >= 0.6 is 0 Å². The van der Waals surface area contributed by atoms with Crippen molar-refractivity contribution in [1.29, 1.82) is 0 Å². The van der Waals surface area contributed by atoms with Crippen LogP contribution in [0.5, 0.6) is 11.5 Å². The molecule has 1 fully saturated rings. The van der Waals surface area contributed by atoms with Gasteiger partial charge in [-0.25, -0.2) is 9.38 Å². The first-order chi connectivity index (χ1) is 16.5. The molecule has 1 saturated carbocycles. The van der Waals surface area contributed by atoms with E-state index >= 15 is 0 Å². The highest BCUT2D eigenvalue weighted by Gasteiger charge is 2.43. The van der Waals surface area contributed by atoms with Gasteiger partial charge in [0.2, 0.25) is 0 Å². The van der Waals surface area contributed by atoms with E-state index in [4.69, 9.17) is 15.2 Å². The predicted molar refractivity (Wildman–Crippen MR) is 131 cm³/mol. The fraction of sp³-hybridized carbons (Fsp3) is 0.333. The molecule has 178 valence electrons. The van der Waals surface area contributed by atoms with E-state index in [0.717, 1.165) is 53.0 Å². The van der Waals surface area contributed by atoms with Crippen LogP contribution in [0.3, 0.4) is 0 Å². The quantitative estimate of drug-likeness (QED) is 0.586. The number of carbonyl (C=O) groups is 1. The summed E-state index contributed by atoms with van der Waals surface area (Å²) in [4.78, 5) is 17.1. The van der Waals surface area contributed by atoms with E-state index in [-0.39, 0.29) is 11.9 Å². The smallest absolute Gasteiger partial charge is 0.130 e. The first-order valence-corrected chi connectivity index (χ1v) is 11.4. The Balaban J connectivity index is 1.53. The van der Waals surface area contributed by atoms with Gasteiger partial charge >= 0.3 is 0 Å². The Morgan fingerprint density at radius 2 is 2.00 bits per heavy atom. The number of ether oxygens (including phenoxy) is 2. The van der Waals surface area contributed by atoms with E-state index in [1.165, 1.54) is 18.3 Å². The van der Waals surface area contributed by atoms with E-state index < -0.39 is 5.41 Å². The Morgan fingerprint density at radius 3 is 2.68 bits per heavy atom. The van der Waals surface area contributed by atoms with E-state index in [9.17, 15) is 9.18 Å². The average molecular weight is 464 g/mol. The van der Waals surface area contributed by atoms with Gasteiger partial charge in [0.15, 0.2) is 0 Å². The summed E-state index contributed by atoms with van der Waals surface area (Å²) in [5.41, 5.74) is 9.65. The van der Waals surface area contributed by atoms with Crippen LogP contribution in [0.4, 0.5) is 10.1 Å². The van der Waals surface area contributed by atoms with E-state index in [0.29, 0.717) is 25.1 Å². The summed E-state index contributed by atoms with van der Waals surface area (Å²) >= 11 is 0. The largest absolute Gasteiger partial charge is 0.497 e. The van der Waals surface area contributed by atoms with Gasteiger partial charge in [0.05, 0.1) is 31.0 Å². The molecule has 0 radical (unpaired) electrons. The standard InChI is InChI=1S/C27H30FN3O3/c1-33-24-10-3-18(26(12-24)34-2)16-30-23-7-4-20-11-25(31-22-8-5-21(28)6-9-22)19(15-29)13-27(20,14-23)17-32/h3,5-6,8-12,15,17,23,30H,4,7,13-14,16,29H2,1-2H3/b19-15-,31-25?. The van der Waals surface area contributed by atoms with Gasteiger partial charge in [-0.2, -0.15) is 0 Å². The molecule has 0 bridgehead atoms. The number of fused-ring (bicyclic) bond motifs is 1. The minimum atomic E-state index is -0.604. The molecule has 0 heterocycles. The normalized spacial score (nSPS) is 24.4. The van der Waals surface area contributed by atoms with Crippen molar-refractivity contribution in [3.8, 4) is 11.5 Å². The summed E-state index contributed by atoms with van der Waals surface area (Å²) in [6, 6.07) is 12.0. The number of nitrogens with two attached hydrogens (primary N) is 1. The molecular formula is C27H30FN3O3. The van der Waals surface area contributed by atoms with Gasteiger partial charge in [-0.15, -0.1) is 0 Å². The summed E-state index contributed by atoms with van der Waals surface area (Å²) in [5.74, 6) is 1.20. The van der Waals surface area contributed by atoms with Crippen LogP contribution in [0.25, 0.3) is 0 Å². The van der Waals surface area contributed by atoms with Crippen LogP contribution in [0.1, 0.15) is 31.2 Å². The fourth-order valence-electron chi connectivity index (χ4n) is 4.84. The highest BCUT2D eigenvalue weighted by atomic mass is 19.1. The molecule has 34 heavy (non-hydrogen) atoms. The minimum Gasteiger partial charge on any atom is -0.497 e. The molecule has 2 atom stereocenters. The van der Waals surface area contributed by atoms with Gasteiger partial charge < -0.3 is 25.3 Å². The molecule has 0 spiro atoms. The number of aliphatic imine (C=N–C) groups is 1. The molecule has 4 rings (SSSR count). The number of halogens is 1. The van der Waals surface area contributed by atoms with Gasteiger partial charge in [-0.1, -0.05) is 11.6 Å². The lowest BCUT2D eigenvalue weighted by Gasteiger charge is -2.42. The Kier molecular flexibility index (Phi) is 7.12. The lowest BCUT2D eigenvalue weighted by Crippen LogP contribution is -2.44. The molecule has 7 heteroatoms. The number of nitrogens with zero attached hydrogens (tertiary/aromatic N) is 1. The Morgan fingerprint density at radius 1 is 1.21 bits per heavy atom. The summed E-state index contributed by atoms with van der Waals surface area (Å²) in [6.45, 7) is 0.628. The number of rotatable bonds is 7. The maximum Gasteiger partial charge on any atom is 0.130 e. The Bertz CT molecular complexity index is 1140. The molecule has 2 aromatic carbocycles. The number of methoxy groups -OCH3 is 2. The molecular weight excluding hydrogens is 433 g/mol. The third-order valence-corrected chi connectivity index (χ3v) is 6.74. The number of nitrogens with one attached hydrogen (secondary N) is 1. The zero-order valence-electron chi connectivity index (χ0n) is 19.5. The highest BCUT2D eigenvalue weighted by Crippen LogP contribution is 2.47. The Hall–Kier alpha value is -3.45. The number of benzene rings is 2. The van der Waals surface area contributed by atoms with Gasteiger partial charge in [-0.3, -0.25) is 0 Å². The Labute approximate surface area is 199 Å². The fourth-order valence-corrected chi connectivity index (χ4v) is 4.84. The lowest BCUT2D eigenvalue weighted by atomic mass is 9.63. The lowest BCUT2D eigenvalue weighted by molar-refractivity contribution is -0.115. The number of carbonyl (C=O) groups excluding carboxylic acids is 1. The van der Waals surface area contributed by atoms with E-state index in [1.54, 1.807) is 26.4 Å². The summed E-state index contributed by atoms with van der Waals surface area (Å²) in [7, 11) is 3.27. The second-order valence-corrected chi connectivity index (χ2v) is 8.78. The third kappa shape index (κ3) is 4.89. The summed E-state index contributed by atoms with van der Waals surface area (Å²) in [6.07, 6.45) is 7.47. The van der Waals surface area contributed by atoms with Crippen LogP contribution in [0, 0.1) is 11.2 Å². The molecule has 0 aromatic heterocycles. The minimum absolute atomic E-state index is 0.170. The molecule has 2 aliphatic carbocycles. The topological polar surface area (TPSA) is 85.9 Å². The van der Waals surface area contributed by atoms with Crippen molar-refractivity contribution in [2.75, 3.05) is 14.2 Å². The second-order valence-electron chi connectivity index (χ2n) is 8.78. The predicted octanol–water partition coefficient (Wildman–Crippen LogP) is 4.62. The molecule has 0 amide bonds. The van der Waals surface area contributed by atoms with Gasteiger partial charge in [-0.05, 0) is 73.9 Å². The molecule has 2 aliphatic rings. The van der Waals surface area contributed by atoms with Crippen LogP contribution in [0.15, 0.2) is 70.9 Å². The highest BCUT2D eigenvalue weighted by molar-refractivity contribution is 6.12. The number of allylic oxidation sites excluding steroid dienone is 3. The molecule has 0 aliphatic heterocycles. The molecule has 0 saturated heterocycles. The van der Waals surface area contributed by atoms with Crippen molar-refractivity contribution in [3.63, 3.8) is 0 Å². The van der Waals surface area contributed by atoms with Gasteiger partial charge in [0, 0.05) is 24.2 Å². The molecule has 2 aromatic rings. The summed E-state index contributed by atoms with van der Waals surface area (Å²) < 4.78 is 24.0. The maximum atomic E-state index is 13.3. The molecule has 6 nitrogen and oxygen atoms in total. The SMILES string of the molecule is COc1ccc(CNC2CCC3=CC(=Nc4ccc(F)cc4)/C(=C\N)CC3(C=O)C2)c(OC)c1. The zero-order chi connectivity index (χ0) is 24.1. The maximum absolute atomic E-state index is 13.3. The first kappa shape index (κ1) is 23.7. The van der Waals surface area contributed by atoms with Crippen molar-refractivity contribution in [3.05, 3.63) is 77.3 Å². The average Bonchev–Trinajstić information content (AvgIpc) is 2.88. The van der Waals surface area contributed by atoms with Crippen molar-refractivity contribution < 1.29 is 18.7 Å². The third-order valence-electron chi connectivity index (χ3n) is 6.74. The number of aldehydes is 1. The van der Waals surface area contributed by atoms with Crippen molar-refractivity contribution in [2.45, 2.75) is 38.3 Å². The zero-order valence-corrected chi connectivity index (χ0v) is 19.5. The van der Waals surface area contributed by atoms with Gasteiger partial charge in [0.1, 0.15) is 23.6 Å². The van der Waals surface area contributed by atoms with Gasteiger partial charge in [0.25, 0.3) is 0 Å². The second kappa shape index (κ2) is 10.2. The molecule has 2 unspecified atom stereocenters. The van der Waals surface area contributed by atoms with Crippen molar-refractivity contribution in [2.24, 2.45) is 16.1 Å². The number of hydrogen-bond acceptors (Lipinski definition) is 6. The van der Waals surface area contributed by atoms with Crippen molar-refractivity contribution in [1.82, 2.24) is 5.32 Å². The first-order valence-electron chi connectivity index (χ1n) is 11.4. The van der Waals surface area contributed by atoms with Crippen LogP contribution < -0.4 is 20.5 Å². The number of hydrogen-bond donors (Lipinski definition) is 2. The van der Waals surface area contributed by atoms with Crippen LogP contribution in [0.2, 0.25) is 0 Å².